The Morgan fingerprint density at radius 2 is 1.58 bits per heavy atom. The molecule has 0 saturated heterocycles. The quantitative estimate of drug-likeness (QED) is 0.599. The average Bonchev–Trinajstić information content (AvgIpc) is 2.32. The minimum absolute atomic E-state index is 0.0352. The second-order valence-corrected chi connectivity index (χ2v) is 10.7. The van der Waals surface area contributed by atoms with Crippen LogP contribution in [0.3, 0.4) is 0 Å². The molecule has 0 amide bonds. The van der Waals surface area contributed by atoms with Gasteiger partial charge in [0.25, 0.3) is 5.44 Å². The van der Waals surface area contributed by atoms with Crippen molar-refractivity contribution in [2.24, 2.45) is 23.2 Å². The van der Waals surface area contributed by atoms with E-state index < -0.39 is 27.1 Å². The summed E-state index contributed by atoms with van der Waals surface area (Å²) >= 11 is 0. The van der Waals surface area contributed by atoms with E-state index in [1.165, 1.54) is 19.3 Å². The Morgan fingerprint density at radius 1 is 1.12 bits per heavy atom. The molecule has 7 heteroatoms. The van der Waals surface area contributed by atoms with Crippen LogP contribution in [-0.2, 0) is 24.4 Å². The molecule has 1 unspecified atom stereocenters. The van der Waals surface area contributed by atoms with E-state index in [2.05, 4.69) is 0 Å². The van der Waals surface area contributed by atoms with Crippen LogP contribution in [0.2, 0.25) is 0 Å². The number of esters is 1. The fourth-order valence-corrected chi connectivity index (χ4v) is 5.55. The van der Waals surface area contributed by atoms with E-state index >= 15 is 0 Å². The molecule has 4 saturated carbocycles. The van der Waals surface area contributed by atoms with E-state index in [-0.39, 0.29) is 12.0 Å². The molecule has 4 aliphatic carbocycles. The van der Waals surface area contributed by atoms with Crippen LogP contribution in [0.1, 0.15) is 59.3 Å². The Labute approximate surface area is 144 Å². The molecule has 1 N–H and O–H groups in total. The third-order valence-corrected chi connectivity index (χ3v) is 6.30. The highest BCUT2D eigenvalue weighted by Gasteiger charge is 2.54. The summed E-state index contributed by atoms with van der Waals surface area (Å²) in [6.07, 6.45) is 6.00. The molecule has 1 atom stereocenters. The van der Waals surface area contributed by atoms with Crippen molar-refractivity contribution >= 4 is 16.1 Å². The number of hydrogen-bond acceptors (Lipinski definition) is 5. The second kappa shape index (κ2) is 5.95. The monoisotopic (exact) mass is 360 g/mol. The first-order chi connectivity index (χ1) is 11.0. The molecule has 4 fully saturated rings. The van der Waals surface area contributed by atoms with E-state index in [0.717, 1.165) is 19.3 Å². The smallest absolute Gasteiger partial charge is 0.354 e. The molecular formula is C17H28O6S. The normalized spacial score (nSPS) is 36.6. The van der Waals surface area contributed by atoms with E-state index in [1.54, 1.807) is 0 Å². The first kappa shape index (κ1) is 18.1. The summed E-state index contributed by atoms with van der Waals surface area (Å²) in [5.74, 6) is 0.750. The summed E-state index contributed by atoms with van der Waals surface area (Å²) in [7, 11) is -4.67. The van der Waals surface area contributed by atoms with Gasteiger partial charge in [0.15, 0.2) is 0 Å². The highest BCUT2D eigenvalue weighted by atomic mass is 32.2. The van der Waals surface area contributed by atoms with Crippen molar-refractivity contribution in [2.45, 2.75) is 70.3 Å². The van der Waals surface area contributed by atoms with Gasteiger partial charge in [-0.05, 0) is 61.7 Å². The van der Waals surface area contributed by atoms with E-state index in [4.69, 9.17) is 9.47 Å². The molecule has 6 nitrogen and oxygen atoms in total. The third kappa shape index (κ3) is 3.94. The topological polar surface area (TPSA) is 89.9 Å². The van der Waals surface area contributed by atoms with Gasteiger partial charge in [0.2, 0.25) is 0 Å². The highest BCUT2D eigenvalue weighted by molar-refractivity contribution is 7.87. The number of rotatable bonds is 5. The molecule has 0 heterocycles. The van der Waals surface area contributed by atoms with Crippen molar-refractivity contribution in [2.75, 3.05) is 6.61 Å². The van der Waals surface area contributed by atoms with E-state index in [1.807, 2.05) is 20.8 Å². The Bertz CT molecular complexity index is 568. The van der Waals surface area contributed by atoms with Gasteiger partial charge < -0.3 is 9.47 Å². The van der Waals surface area contributed by atoms with Crippen molar-refractivity contribution in [3.8, 4) is 0 Å². The molecule has 0 spiro atoms. The summed E-state index contributed by atoms with van der Waals surface area (Å²) in [4.78, 5) is 12.5. The zero-order valence-electron chi connectivity index (χ0n) is 14.7. The molecule has 0 aromatic heterocycles. The summed E-state index contributed by atoms with van der Waals surface area (Å²) in [5.41, 5.74) is -2.84. The molecule has 4 rings (SSSR count). The summed E-state index contributed by atoms with van der Waals surface area (Å²) in [6.45, 7) is 5.61. The maximum atomic E-state index is 12.5. The predicted molar refractivity (Wildman–Crippen MR) is 87.7 cm³/mol. The summed E-state index contributed by atoms with van der Waals surface area (Å²) in [5, 5.41) is 0. The summed E-state index contributed by atoms with van der Waals surface area (Å²) < 4.78 is 43.6. The van der Waals surface area contributed by atoms with Crippen LogP contribution in [0.5, 0.6) is 0 Å². The van der Waals surface area contributed by atoms with Crippen LogP contribution in [0.25, 0.3) is 0 Å². The first-order valence-corrected chi connectivity index (χ1v) is 10.3. The number of ether oxygens (including phenoxy) is 2. The molecule has 4 bridgehead atoms. The van der Waals surface area contributed by atoms with Gasteiger partial charge in [-0.15, -0.1) is 0 Å². The van der Waals surface area contributed by atoms with Gasteiger partial charge >= 0.3 is 16.1 Å². The van der Waals surface area contributed by atoms with Crippen molar-refractivity contribution in [1.82, 2.24) is 0 Å². The van der Waals surface area contributed by atoms with Gasteiger partial charge in [0.05, 0.1) is 6.61 Å². The highest BCUT2D eigenvalue weighted by Crippen LogP contribution is 2.57. The van der Waals surface area contributed by atoms with Crippen LogP contribution < -0.4 is 0 Å². The SMILES string of the molecule is CC(C)(C)COC(C(=O)OC12CC3CC(CC(C3)C1)C2)S(=O)(=O)O. The van der Waals surface area contributed by atoms with Crippen molar-refractivity contribution in [1.29, 1.82) is 0 Å². The van der Waals surface area contributed by atoms with E-state index in [9.17, 15) is 17.8 Å². The fraction of sp³-hybridized carbons (Fsp3) is 0.941. The van der Waals surface area contributed by atoms with Crippen molar-refractivity contribution in [3.05, 3.63) is 0 Å². The lowest BCUT2D eigenvalue weighted by Crippen LogP contribution is -2.54. The Morgan fingerprint density at radius 3 is 1.96 bits per heavy atom. The third-order valence-electron chi connectivity index (χ3n) is 5.43. The number of carbonyl (C=O) groups is 1. The second-order valence-electron chi connectivity index (χ2n) is 9.24. The zero-order valence-corrected chi connectivity index (χ0v) is 15.5. The molecule has 0 aromatic rings. The number of hydrogen-bond donors (Lipinski definition) is 1. The fourth-order valence-electron chi connectivity index (χ4n) is 5.02. The van der Waals surface area contributed by atoms with Gasteiger partial charge in [-0.3, -0.25) is 4.55 Å². The average molecular weight is 360 g/mol. The van der Waals surface area contributed by atoms with Crippen molar-refractivity contribution < 1.29 is 27.2 Å². The van der Waals surface area contributed by atoms with Gasteiger partial charge in [-0.25, -0.2) is 4.79 Å². The molecule has 0 aliphatic heterocycles. The molecule has 24 heavy (non-hydrogen) atoms. The largest absolute Gasteiger partial charge is 0.456 e. The van der Waals surface area contributed by atoms with Crippen molar-refractivity contribution in [3.63, 3.8) is 0 Å². The van der Waals surface area contributed by atoms with Gasteiger partial charge in [0.1, 0.15) is 5.60 Å². The van der Waals surface area contributed by atoms with Crippen LogP contribution in [0, 0.1) is 23.2 Å². The van der Waals surface area contributed by atoms with Crippen LogP contribution in [0.15, 0.2) is 0 Å². The first-order valence-electron chi connectivity index (χ1n) is 8.77. The minimum atomic E-state index is -4.67. The van der Waals surface area contributed by atoms with E-state index in [0.29, 0.717) is 17.8 Å². The lowest BCUT2D eigenvalue weighted by Gasteiger charge is -2.55. The lowest BCUT2D eigenvalue weighted by molar-refractivity contribution is -0.194. The standard InChI is InChI=1S/C17H28O6S/c1-16(2,3)10-22-15(24(19,20)21)14(18)23-17-7-11-4-12(8-17)6-13(5-11)9-17/h11-13,15H,4-10H2,1-3H3,(H,19,20,21). The Kier molecular flexibility index (Phi) is 4.50. The maximum Gasteiger partial charge on any atom is 0.354 e. The van der Waals surface area contributed by atoms with Gasteiger partial charge in [-0.2, -0.15) is 8.42 Å². The van der Waals surface area contributed by atoms with Gasteiger partial charge in [-0.1, -0.05) is 20.8 Å². The van der Waals surface area contributed by atoms with Crippen LogP contribution in [0.4, 0.5) is 0 Å². The summed E-state index contributed by atoms with van der Waals surface area (Å²) in [6, 6.07) is 0. The number of carbonyl (C=O) groups excluding carboxylic acids is 1. The molecule has 0 aromatic carbocycles. The van der Waals surface area contributed by atoms with Crippen LogP contribution in [-0.4, -0.2) is 36.6 Å². The molecule has 0 radical (unpaired) electrons. The lowest BCUT2D eigenvalue weighted by atomic mass is 9.54. The molecule has 4 aliphatic rings. The molecule has 138 valence electrons. The minimum Gasteiger partial charge on any atom is -0.456 e. The van der Waals surface area contributed by atoms with Gasteiger partial charge in [0, 0.05) is 0 Å². The zero-order chi connectivity index (χ0) is 17.8. The Hall–Kier alpha value is -0.660. The predicted octanol–water partition coefficient (Wildman–Crippen LogP) is 2.78. The maximum absolute atomic E-state index is 12.5. The molecular weight excluding hydrogens is 332 g/mol. The Balaban J connectivity index is 1.71. The van der Waals surface area contributed by atoms with Crippen LogP contribution >= 0.6 is 0 Å².